The number of alkyl halides is 1. The lowest BCUT2D eigenvalue weighted by molar-refractivity contribution is -0.118. The highest BCUT2D eigenvalue weighted by Gasteiger charge is 2.00. The van der Waals surface area contributed by atoms with Crippen molar-refractivity contribution in [2.24, 2.45) is 0 Å². The first kappa shape index (κ1) is 11.0. The van der Waals surface area contributed by atoms with Crippen molar-refractivity contribution in [1.29, 1.82) is 0 Å². The van der Waals surface area contributed by atoms with Crippen LogP contribution < -0.4 is 5.32 Å². The molecule has 0 aliphatic carbocycles. The molecule has 0 fully saturated rings. The molecule has 4 nitrogen and oxygen atoms in total. The summed E-state index contributed by atoms with van der Waals surface area (Å²) in [6.07, 6.45) is 2.58. The average Bonchev–Trinajstić information content (AvgIpc) is 2.76. The van der Waals surface area contributed by atoms with Crippen LogP contribution >= 0.6 is 11.6 Å². The van der Waals surface area contributed by atoms with Gasteiger partial charge in [0.15, 0.2) is 0 Å². The van der Waals surface area contributed by atoms with Crippen LogP contribution in [0.2, 0.25) is 0 Å². The Kier molecular flexibility index (Phi) is 3.41. The van der Waals surface area contributed by atoms with Crippen molar-refractivity contribution in [1.82, 2.24) is 15.5 Å². The number of halogens is 1. The number of rotatable bonds is 4. The van der Waals surface area contributed by atoms with Crippen molar-refractivity contribution in [2.75, 3.05) is 12.4 Å². The number of H-pyrrole nitrogens is 1. The Morgan fingerprint density at radius 2 is 2.38 bits per heavy atom. The van der Waals surface area contributed by atoms with Crippen LogP contribution in [0.5, 0.6) is 0 Å². The molecule has 0 radical (unpaired) electrons. The maximum absolute atomic E-state index is 10.9. The normalized spacial score (nSPS) is 10.6. The van der Waals surface area contributed by atoms with Crippen LogP contribution in [0.3, 0.4) is 0 Å². The zero-order valence-electron chi connectivity index (χ0n) is 8.66. The molecule has 0 saturated heterocycles. The Bertz CT molecular complexity index is 495. The molecule has 0 saturated carbocycles. The molecule has 2 rings (SSSR count). The van der Waals surface area contributed by atoms with Crippen LogP contribution in [0.4, 0.5) is 0 Å². The van der Waals surface area contributed by atoms with E-state index in [1.165, 1.54) is 5.56 Å². The number of aromatic nitrogens is 2. The van der Waals surface area contributed by atoms with Crippen LogP contribution in [-0.2, 0) is 11.2 Å². The molecule has 0 unspecified atom stereocenters. The van der Waals surface area contributed by atoms with Crippen molar-refractivity contribution >= 4 is 28.4 Å². The number of carbonyl (C=O) groups excluding carboxylic acids is 1. The Hall–Kier alpha value is -1.55. The van der Waals surface area contributed by atoms with Gasteiger partial charge < -0.3 is 5.32 Å². The molecule has 1 amide bonds. The van der Waals surface area contributed by atoms with E-state index in [4.69, 9.17) is 11.6 Å². The third-order valence-corrected chi connectivity index (χ3v) is 2.60. The van der Waals surface area contributed by atoms with Gasteiger partial charge in [0.25, 0.3) is 0 Å². The van der Waals surface area contributed by atoms with Gasteiger partial charge in [0, 0.05) is 11.9 Å². The highest BCUT2D eigenvalue weighted by atomic mass is 35.5. The van der Waals surface area contributed by atoms with Gasteiger partial charge in [-0.05, 0) is 24.1 Å². The number of hydrogen-bond acceptors (Lipinski definition) is 2. The van der Waals surface area contributed by atoms with Crippen LogP contribution in [-0.4, -0.2) is 28.5 Å². The lowest BCUT2D eigenvalue weighted by Crippen LogP contribution is -2.26. The van der Waals surface area contributed by atoms with Crippen LogP contribution in [0, 0.1) is 0 Å². The van der Waals surface area contributed by atoms with E-state index in [-0.39, 0.29) is 11.8 Å². The summed E-state index contributed by atoms with van der Waals surface area (Å²) in [4.78, 5) is 10.9. The Morgan fingerprint density at radius 3 is 3.19 bits per heavy atom. The second kappa shape index (κ2) is 4.99. The minimum Gasteiger partial charge on any atom is -0.355 e. The van der Waals surface area contributed by atoms with E-state index in [1.54, 1.807) is 6.20 Å². The van der Waals surface area contributed by atoms with Crippen molar-refractivity contribution < 1.29 is 4.79 Å². The van der Waals surface area contributed by atoms with Gasteiger partial charge in [-0.1, -0.05) is 6.07 Å². The summed E-state index contributed by atoms with van der Waals surface area (Å²) in [6.45, 7) is 0.606. The SMILES string of the molecule is O=C(CCl)NCCc1ccc2[nH]ncc2c1. The Balaban J connectivity index is 1.96. The summed E-state index contributed by atoms with van der Waals surface area (Å²) >= 11 is 5.37. The van der Waals surface area contributed by atoms with Crippen molar-refractivity contribution in [3.63, 3.8) is 0 Å². The number of benzene rings is 1. The van der Waals surface area contributed by atoms with Gasteiger partial charge in [0.1, 0.15) is 5.88 Å². The zero-order chi connectivity index (χ0) is 11.4. The number of aromatic amines is 1. The van der Waals surface area contributed by atoms with E-state index in [0.29, 0.717) is 6.54 Å². The minimum atomic E-state index is -0.133. The van der Waals surface area contributed by atoms with Gasteiger partial charge in [-0.2, -0.15) is 5.10 Å². The lowest BCUT2D eigenvalue weighted by Gasteiger charge is -2.03. The molecule has 1 aromatic carbocycles. The van der Waals surface area contributed by atoms with E-state index in [9.17, 15) is 4.79 Å². The maximum atomic E-state index is 10.9. The molecule has 0 atom stereocenters. The first-order valence-corrected chi connectivity index (χ1v) is 5.58. The molecule has 2 N–H and O–H groups in total. The smallest absolute Gasteiger partial charge is 0.234 e. The van der Waals surface area contributed by atoms with E-state index >= 15 is 0 Å². The molecule has 84 valence electrons. The van der Waals surface area contributed by atoms with Crippen molar-refractivity contribution in [3.8, 4) is 0 Å². The summed E-state index contributed by atoms with van der Waals surface area (Å²) in [5.74, 6) is -0.119. The number of hydrogen-bond donors (Lipinski definition) is 2. The average molecular weight is 238 g/mol. The van der Waals surface area contributed by atoms with Crippen LogP contribution in [0.1, 0.15) is 5.56 Å². The second-order valence-electron chi connectivity index (χ2n) is 3.53. The summed E-state index contributed by atoms with van der Waals surface area (Å²) in [5.41, 5.74) is 2.19. The Labute approximate surface area is 98.0 Å². The third-order valence-electron chi connectivity index (χ3n) is 2.36. The summed E-state index contributed by atoms with van der Waals surface area (Å²) < 4.78 is 0. The van der Waals surface area contributed by atoms with E-state index in [0.717, 1.165) is 17.3 Å². The van der Waals surface area contributed by atoms with Gasteiger partial charge in [-0.25, -0.2) is 0 Å². The minimum absolute atomic E-state index is 0.0146. The fourth-order valence-electron chi connectivity index (χ4n) is 1.54. The maximum Gasteiger partial charge on any atom is 0.234 e. The van der Waals surface area contributed by atoms with Gasteiger partial charge >= 0.3 is 0 Å². The summed E-state index contributed by atoms with van der Waals surface area (Å²) in [6, 6.07) is 6.07. The van der Waals surface area contributed by atoms with E-state index < -0.39 is 0 Å². The Morgan fingerprint density at radius 1 is 1.50 bits per heavy atom. The molecule has 0 aliphatic rings. The number of fused-ring (bicyclic) bond motifs is 1. The first-order chi connectivity index (χ1) is 7.79. The number of nitrogens with zero attached hydrogens (tertiary/aromatic N) is 1. The van der Waals surface area contributed by atoms with Gasteiger partial charge in [0.2, 0.25) is 5.91 Å². The molecule has 1 heterocycles. The number of carbonyl (C=O) groups is 1. The van der Waals surface area contributed by atoms with Crippen molar-refractivity contribution in [2.45, 2.75) is 6.42 Å². The van der Waals surface area contributed by atoms with E-state index in [2.05, 4.69) is 21.6 Å². The van der Waals surface area contributed by atoms with Gasteiger partial charge in [-0.15, -0.1) is 11.6 Å². The topological polar surface area (TPSA) is 57.8 Å². The fourth-order valence-corrected chi connectivity index (χ4v) is 1.64. The number of amides is 1. The van der Waals surface area contributed by atoms with Crippen molar-refractivity contribution in [3.05, 3.63) is 30.0 Å². The standard InChI is InChI=1S/C11H12ClN3O/c12-6-11(16)13-4-3-8-1-2-10-9(5-8)7-14-15-10/h1-2,5,7H,3-4,6H2,(H,13,16)(H,14,15). The monoisotopic (exact) mass is 237 g/mol. The van der Waals surface area contributed by atoms with Gasteiger partial charge in [-0.3, -0.25) is 9.89 Å². The van der Waals surface area contributed by atoms with E-state index in [1.807, 2.05) is 12.1 Å². The molecule has 2 aromatic rings. The molecule has 0 aliphatic heterocycles. The molecule has 0 spiro atoms. The predicted molar refractivity (Wildman–Crippen MR) is 63.5 cm³/mol. The second-order valence-corrected chi connectivity index (χ2v) is 3.79. The third kappa shape index (κ3) is 2.52. The highest BCUT2D eigenvalue weighted by molar-refractivity contribution is 6.27. The fraction of sp³-hybridized carbons (Fsp3) is 0.273. The van der Waals surface area contributed by atoms with Crippen LogP contribution in [0.15, 0.2) is 24.4 Å². The molecule has 5 heteroatoms. The zero-order valence-corrected chi connectivity index (χ0v) is 9.42. The van der Waals surface area contributed by atoms with Crippen LogP contribution in [0.25, 0.3) is 10.9 Å². The largest absolute Gasteiger partial charge is 0.355 e. The highest BCUT2D eigenvalue weighted by Crippen LogP contribution is 2.12. The molecular weight excluding hydrogens is 226 g/mol. The first-order valence-electron chi connectivity index (χ1n) is 5.04. The summed E-state index contributed by atoms with van der Waals surface area (Å²) in [5, 5.41) is 10.7. The number of nitrogens with one attached hydrogen (secondary N) is 2. The molecular formula is C11H12ClN3O. The molecule has 16 heavy (non-hydrogen) atoms. The quantitative estimate of drug-likeness (QED) is 0.791. The lowest BCUT2D eigenvalue weighted by atomic mass is 10.1. The molecule has 0 bridgehead atoms. The predicted octanol–water partition coefficient (Wildman–Crippen LogP) is 1.46. The summed E-state index contributed by atoms with van der Waals surface area (Å²) in [7, 11) is 0. The van der Waals surface area contributed by atoms with Gasteiger partial charge in [0.05, 0.1) is 11.7 Å². The molecule has 1 aromatic heterocycles.